The van der Waals surface area contributed by atoms with Gasteiger partial charge in [-0.2, -0.15) is 0 Å². The fourth-order valence-corrected chi connectivity index (χ4v) is 3.30. The van der Waals surface area contributed by atoms with Crippen LogP contribution in [0.1, 0.15) is 26.5 Å². The summed E-state index contributed by atoms with van der Waals surface area (Å²) in [7, 11) is 0. The second-order valence-corrected chi connectivity index (χ2v) is 5.31. The van der Waals surface area contributed by atoms with Crippen molar-refractivity contribution in [3.8, 4) is 0 Å². The average molecular weight is 260 g/mol. The third-order valence-corrected chi connectivity index (χ3v) is 4.02. The van der Waals surface area contributed by atoms with Crippen LogP contribution in [0.2, 0.25) is 0 Å². The Kier molecular flexibility index (Phi) is 3.48. The lowest BCUT2D eigenvalue weighted by Gasteiger charge is -2.01. The van der Waals surface area contributed by atoms with E-state index >= 15 is 0 Å². The van der Waals surface area contributed by atoms with Gasteiger partial charge in [-0.05, 0) is 38.0 Å². The van der Waals surface area contributed by atoms with Crippen molar-refractivity contribution in [1.29, 1.82) is 0 Å². The number of hydrogen-bond donors (Lipinski definition) is 1. The molecule has 0 radical (unpaired) electrons. The normalized spacial score (nSPS) is 10.6. The van der Waals surface area contributed by atoms with Crippen molar-refractivity contribution >= 4 is 27.5 Å². The molecule has 0 aliphatic rings. The molecule has 3 nitrogen and oxygen atoms in total. The second kappa shape index (κ2) is 4.90. The molecule has 18 heavy (non-hydrogen) atoms. The summed E-state index contributed by atoms with van der Waals surface area (Å²) in [6, 6.07) is 2.05. The summed E-state index contributed by atoms with van der Waals surface area (Å²) in [5.41, 5.74) is 3.18. The largest absolute Gasteiger partial charge is 0.348 e. The molecule has 0 fully saturated rings. The molecule has 2 rings (SSSR count). The van der Waals surface area contributed by atoms with Crippen molar-refractivity contribution in [3.63, 3.8) is 0 Å². The molecule has 0 unspecified atom stereocenters. The number of thiophene rings is 1. The van der Waals surface area contributed by atoms with Gasteiger partial charge in [0, 0.05) is 17.6 Å². The van der Waals surface area contributed by atoms with Crippen LogP contribution in [0.15, 0.2) is 18.7 Å². The van der Waals surface area contributed by atoms with E-state index in [9.17, 15) is 4.79 Å². The van der Waals surface area contributed by atoms with Crippen molar-refractivity contribution in [2.75, 3.05) is 6.54 Å². The van der Waals surface area contributed by atoms with Crippen LogP contribution in [0.4, 0.5) is 0 Å². The van der Waals surface area contributed by atoms with Gasteiger partial charge < -0.3 is 5.32 Å². The van der Waals surface area contributed by atoms with Crippen molar-refractivity contribution in [1.82, 2.24) is 10.3 Å². The summed E-state index contributed by atoms with van der Waals surface area (Å²) >= 11 is 1.45. The number of aryl methyl sites for hydroxylation is 3. The summed E-state index contributed by atoms with van der Waals surface area (Å²) < 4.78 is 0. The van der Waals surface area contributed by atoms with Crippen LogP contribution in [-0.2, 0) is 0 Å². The number of pyridine rings is 1. The first kappa shape index (κ1) is 12.8. The molecule has 94 valence electrons. The Hall–Kier alpha value is -1.68. The van der Waals surface area contributed by atoms with Crippen molar-refractivity contribution in [2.24, 2.45) is 0 Å². The first-order valence-electron chi connectivity index (χ1n) is 5.81. The molecule has 4 heteroatoms. The summed E-state index contributed by atoms with van der Waals surface area (Å²) in [5.74, 6) is -0.0487. The SMILES string of the molecule is C=CCNC(=O)c1sc2nc(C)cc(C)c2c1C. The topological polar surface area (TPSA) is 42.0 Å². The van der Waals surface area contributed by atoms with Gasteiger partial charge in [-0.15, -0.1) is 17.9 Å². The minimum atomic E-state index is -0.0487. The summed E-state index contributed by atoms with van der Waals surface area (Å²) in [4.78, 5) is 18.2. The summed E-state index contributed by atoms with van der Waals surface area (Å²) in [6.45, 7) is 10.1. The monoisotopic (exact) mass is 260 g/mol. The fraction of sp³-hybridized carbons (Fsp3) is 0.286. The van der Waals surface area contributed by atoms with E-state index in [1.54, 1.807) is 6.08 Å². The lowest BCUT2D eigenvalue weighted by molar-refractivity contribution is 0.0961. The molecule has 2 heterocycles. The predicted molar refractivity (Wildman–Crippen MR) is 76.4 cm³/mol. The van der Waals surface area contributed by atoms with E-state index in [0.29, 0.717) is 6.54 Å². The minimum Gasteiger partial charge on any atom is -0.348 e. The third kappa shape index (κ3) is 2.16. The Morgan fingerprint density at radius 3 is 2.89 bits per heavy atom. The standard InChI is InChI=1S/C14H16N2OS/c1-5-6-15-13(17)12-10(4)11-8(2)7-9(3)16-14(11)18-12/h5,7H,1,6H2,2-4H3,(H,15,17). The van der Waals surface area contributed by atoms with Crippen LogP contribution >= 0.6 is 11.3 Å². The van der Waals surface area contributed by atoms with Gasteiger partial charge in [0.1, 0.15) is 4.83 Å². The highest BCUT2D eigenvalue weighted by molar-refractivity contribution is 7.20. The fourth-order valence-electron chi connectivity index (χ4n) is 2.08. The van der Waals surface area contributed by atoms with Gasteiger partial charge in [0.25, 0.3) is 5.91 Å². The van der Waals surface area contributed by atoms with E-state index in [1.165, 1.54) is 16.9 Å². The van der Waals surface area contributed by atoms with Crippen LogP contribution in [-0.4, -0.2) is 17.4 Å². The van der Waals surface area contributed by atoms with Gasteiger partial charge in [-0.3, -0.25) is 4.79 Å². The molecule has 0 aliphatic carbocycles. The maximum atomic E-state index is 12.0. The van der Waals surface area contributed by atoms with E-state index in [0.717, 1.165) is 26.4 Å². The van der Waals surface area contributed by atoms with Crippen LogP contribution in [0.5, 0.6) is 0 Å². The number of nitrogens with one attached hydrogen (secondary N) is 1. The number of fused-ring (bicyclic) bond motifs is 1. The molecule has 2 aromatic rings. The highest BCUT2D eigenvalue weighted by Crippen LogP contribution is 2.32. The van der Waals surface area contributed by atoms with E-state index in [-0.39, 0.29) is 5.91 Å². The first-order chi connectivity index (χ1) is 8.54. The summed E-state index contributed by atoms with van der Waals surface area (Å²) in [6.07, 6.45) is 1.67. The van der Waals surface area contributed by atoms with E-state index in [4.69, 9.17) is 0 Å². The van der Waals surface area contributed by atoms with Gasteiger partial charge in [-0.1, -0.05) is 6.08 Å². The molecule has 1 N–H and O–H groups in total. The second-order valence-electron chi connectivity index (χ2n) is 4.32. The maximum absolute atomic E-state index is 12.0. The molecule has 0 aromatic carbocycles. The zero-order chi connectivity index (χ0) is 13.3. The Balaban J connectivity index is 2.53. The van der Waals surface area contributed by atoms with Gasteiger partial charge in [-0.25, -0.2) is 4.98 Å². The molecule has 1 amide bonds. The van der Waals surface area contributed by atoms with Crippen LogP contribution < -0.4 is 5.32 Å². The summed E-state index contributed by atoms with van der Waals surface area (Å²) in [5, 5.41) is 3.92. The lowest BCUT2D eigenvalue weighted by Crippen LogP contribution is -2.22. The van der Waals surface area contributed by atoms with Gasteiger partial charge in [0.15, 0.2) is 0 Å². The van der Waals surface area contributed by atoms with Crippen molar-refractivity contribution in [2.45, 2.75) is 20.8 Å². The molecule has 0 saturated carbocycles. The van der Waals surface area contributed by atoms with E-state index < -0.39 is 0 Å². The number of nitrogens with zero attached hydrogens (tertiary/aromatic N) is 1. The number of aromatic nitrogens is 1. The number of rotatable bonds is 3. The van der Waals surface area contributed by atoms with E-state index in [2.05, 4.69) is 23.8 Å². The lowest BCUT2D eigenvalue weighted by atomic mass is 10.1. The van der Waals surface area contributed by atoms with Crippen molar-refractivity contribution < 1.29 is 4.79 Å². The smallest absolute Gasteiger partial charge is 0.261 e. The third-order valence-electron chi connectivity index (χ3n) is 2.84. The predicted octanol–water partition coefficient (Wildman–Crippen LogP) is 3.14. The van der Waals surface area contributed by atoms with E-state index in [1.807, 2.05) is 19.9 Å². The first-order valence-corrected chi connectivity index (χ1v) is 6.62. The minimum absolute atomic E-state index is 0.0487. The van der Waals surface area contributed by atoms with Crippen LogP contribution in [0.25, 0.3) is 10.2 Å². The molecule has 2 aromatic heterocycles. The Morgan fingerprint density at radius 2 is 2.22 bits per heavy atom. The Labute approximate surface area is 111 Å². The van der Waals surface area contributed by atoms with Gasteiger partial charge in [0.05, 0.1) is 4.88 Å². The average Bonchev–Trinajstić information content (AvgIpc) is 2.63. The number of carbonyl (C=O) groups excluding carboxylic acids is 1. The quantitative estimate of drug-likeness (QED) is 0.861. The zero-order valence-corrected chi connectivity index (χ0v) is 11.6. The van der Waals surface area contributed by atoms with Gasteiger partial charge >= 0.3 is 0 Å². The molecule has 0 saturated heterocycles. The Bertz CT molecular complexity index is 628. The molecule has 0 bridgehead atoms. The Morgan fingerprint density at radius 1 is 1.50 bits per heavy atom. The zero-order valence-electron chi connectivity index (χ0n) is 10.8. The highest BCUT2D eigenvalue weighted by Gasteiger charge is 2.17. The molecule has 0 spiro atoms. The number of carbonyl (C=O) groups is 1. The molecule has 0 aliphatic heterocycles. The van der Waals surface area contributed by atoms with Crippen molar-refractivity contribution in [3.05, 3.63) is 40.4 Å². The molecular formula is C14H16N2OS. The van der Waals surface area contributed by atoms with Crippen LogP contribution in [0, 0.1) is 20.8 Å². The molecule has 0 atom stereocenters. The maximum Gasteiger partial charge on any atom is 0.261 e. The molecular weight excluding hydrogens is 244 g/mol. The number of hydrogen-bond acceptors (Lipinski definition) is 3. The number of amides is 1. The van der Waals surface area contributed by atoms with Crippen LogP contribution in [0.3, 0.4) is 0 Å². The highest BCUT2D eigenvalue weighted by atomic mass is 32.1. The van der Waals surface area contributed by atoms with Gasteiger partial charge in [0.2, 0.25) is 0 Å².